The van der Waals surface area contributed by atoms with Crippen LogP contribution in [0.5, 0.6) is 0 Å². The molecule has 2 N–H and O–H groups in total. The molecule has 2 fully saturated rings. The van der Waals surface area contributed by atoms with E-state index in [1.54, 1.807) is 12.1 Å². The summed E-state index contributed by atoms with van der Waals surface area (Å²) in [5.41, 5.74) is 1.13. The highest BCUT2D eigenvalue weighted by Gasteiger charge is 2.35. The van der Waals surface area contributed by atoms with E-state index in [9.17, 15) is 9.90 Å². The molecule has 2 aliphatic rings. The van der Waals surface area contributed by atoms with E-state index in [4.69, 9.17) is 0 Å². The highest BCUT2D eigenvalue weighted by molar-refractivity contribution is 5.94. The monoisotopic (exact) mass is 260 g/mol. The number of aromatic carboxylic acids is 1. The lowest BCUT2D eigenvalue weighted by atomic mass is 9.98. The lowest BCUT2D eigenvalue weighted by Crippen LogP contribution is -2.41. The summed E-state index contributed by atoms with van der Waals surface area (Å²) in [7, 11) is 0. The van der Waals surface area contributed by atoms with E-state index in [-0.39, 0.29) is 0 Å². The second-order valence-corrected chi connectivity index (χ2v) is 5.49. The standard InChI is InChI=1S/C15H20N2O2/c18-15(19)11-5-1-2-6-12(11)16-13-8-10-17-9-4-3-7-14(13)17/h1-2,5-6,13-14,16H,3-4,7-10H2,(H,18,19). The van der Waals surface area contributed by atoms with Gasteiger partial charge in [-0.2, -0.15) is 0 Å². The lowest BCUT2D eigenvalue weighted by Gasteiger charge is -2.33. The minimum absolute atomic E-state index is 0.372. The van der Waals surface area contributed by atoms with Gasteiger partial charge in [-0.15, -0.1) is 0 Å². The van der Waals surface area contributed by atoms with Gasteiger partial charge in [0.1, 0.15) is 0 Å². The summed E-state index contributed by atoms with van der Waals surface area (Å²) in [4.78, 5) is 13.8. The molecule has 0 amide bonds. The Morgan fingerprint density at radius 2 is 2.05 bits per heavy atom. The maximum atomic E-state index is 11.2. The maximum absolute atomic E-state index is 11.2. The fraction of sp³-hybridized carbons (Fsp3) is 0.533. The Labute approximate surface area is 113 Å². The van der Waals surface area contributed by atoms with Crippen LogP contribution in [0.4, 0.5) is 5.69 Å². The first kappa shape index (κ1) is 12.5. The van der Waals surface area contributed by atoms with E-state index < -0.39 is 5.97 Å². The molecule has 19 heavy (non-hydrogen) atoms. The molecular formula is C15H20N2O2. The fourth-order valence-corrected chi connectivity index (χ4v) is 3.41. The van der Waals surface area contributed by atoms with Crippen molar-refractivity contribution in [2.45, 2.75) is 37.8 Å². The number of nitrogens with zero attached hydrogens (tertiary/aromatic N) is 1. The molecule has 1 aromatic rings. The quantitative estimate of drug-likeness (QED) is 0.876. The van der Waals surface area contributed by atoms with Crippen molar-refractivity contribution in [3.05, 3.63) is 29.8 Å². The van der Waals surface area contributed by atoms with Crippen molar-refractivity contribution in [1.29, 1.82) is 0 Å². The second kappa shape index (κ2) is 5.21. The molecule has 4 heteroatoms. The highest BCUT2D eigenvalue weighted by atomic mass is 16.4. The van der Waals surface area contributed by atoms with Gasteiger partial charge in [-0.1, -0.05) is 18.6 Å². The zero-order valence-electron chi connectivity index (χ0n) is 11.0. The molecule has 2 aliphatic heterocycles. The first-order valence-electron chi connectivity index (χ1n) is 7.08. The largest absolute Gasteiger partial charge is 0.478 e. The van der Waals surface area contributed by atoms with Gasteiger partial charge in [0.05, 0.1) is 5.56 Å². The van der Waals surface area contributed by atoms with Crippen LogP contribution in [0.1, 0.15) is 36.0 Å². The second-order valence-electron chi connectivity index (χ2n) is 5.49. The summed E-state index contributed by atoms with van der Waals surface area (Å²) >= 11 is 0. The summed E-state index contributed by atoms with van der Waals surface area (Å²) in [6.45, 7) is 2.33. The number of rotatable bonds is 3. The van der Waals surface area contributed by atoms with Crippen LogP contribution in [0.15, 0.2) is 24.3 Å². The number of carboxylic acids is 1. The number of hydrogen-bond donors (Lipinski definition) is 2. The number of piperidine rings is 1. The van der Waals surface area contributed by atoms with Crippen LogP contribution in [-0.4, -0.2) is 41.1 Å². The Morgan fingerprint density at radius 3 is 2.89 bits per heavy atom. The Balaban J connectivity index is 1.76. The molecule has 0 radical (unpaired) electrons. The highest BCUT2D eigenvalue weighted by Crippen LogP contribution is 2.30. The van der Waals surface area contributed by atoms with E-state index in [0.717, 1.165) is 18.7 Å². The van der Waals surface area contributed by atoms with Crippen molar-refractivity contribution >= 4 is 11.7 Å². The maximum Gasteiger partial charge on any atom is 0.337 e. The molecule has 0 aromatic heterocycles. The number of anilines is 1. The zero-order valence-corrected chi connectivity index (χ0v) is 11.0. The minimum atomic E-state index is -0.860. The van der Waals surface area contributed by atoms with Crippen LogP contribution >= 0.6 is 0 Å². The van der Waals surface area contributed by atoms with Gasteiger partial charge in [0, 0.05) is 24.3 Å². The van der Waals surface area contributed by atoms with Gasteiger partial charge in [-0.3, -0.25) is 4.90 Å². The van der Waals surface area contributed by atoms with Gasteiger partial charge in [-0.25, -0.2) is 4.79 Å². The summed E-state index contributed by atoms with van der Waals surface area (Å²) in [5.74, 6) is -0.860. The molecule has 2 atom stereocenters. The van der Waals surface area contributed by atoms with Gasteiger partial charge in [0.25, 0.3) is 0 Å². The predicted molar refractivity (Wildman–Crippen MR) is 74.6 cm³/mol. The van der Waals surface area contributed by atoms with Gasteiger partial charge >= 0.3 is 5.97 Å². The third-order valence-electron chi connectivity index (χ3n) is 4.35. The fourth-order valence-electron chi connectivity index (χ4n) is 3.41. The molecule has 102 valence electrons. The zero-order chi connectivity index (χ0) is 13.2. The van der Waals surface area contributed by atoms with E-state index in [1.165, 1.54) is 25.8 Å². The molecule has 0 spiro atoms. The SMILES string of the molecule is O=C(O)c1ccccc1NC1CCN2CCCCC12. The van der Waals surface area contributed by atoms with Crippen LogP contribution in [0.2, 0.25) is 0 Å². The first-order chi connectivity index (χ1) is 9.25. The van der Waals surface area contributed by atoms with E-state index in [0.29, 0.717) is 17.6 Å². The Hall–Kier alpha value is -1.55. The Morgan fingerprint density at radius 1 is 1.21 bits per heavy atom. The van der Waals surface area contributed by atoms with Crippen LogP contribution in [-0.2, 0) is 0 Å². The van der Waals surface area contributed by atoms with Crippen LogP contribution in [0, 0.1) is 0 Å². The van der Waals surface area contributed by atoms with Gasteiger partial charge < -0.3 is 10.4 Å². The minimum Gasteiger partial charge on any atom is -0.478 e. The number of hydrogen-bond acceptors (Lipinski definition) is 3. The van der Waals surface area contributed by atoms with Crippen molar-refractivity contribution < 1.29 is 9.90 Å². The molecule has 2 unspecified atom stereocenters. The summed E-state index contributed by atoms with van der Waals surface area (Å²) in [5, 5.41) is 12.7. The van der Waals surface area contributed by atoms with E-state index in [1.807, 2.05) is 12.1 Å². The smallest absolute Gasteiger partial charge is 0.337 e. The summed E-state index contributed by atoms with van der Waals surface area (Å²) < 4.78 is 0. The average molecular weight is 260 g/mol. The van der Waals surface area contributed by atoms with Crippen molar-refractivity contribution in [2.75, 3.05) is 18.4 Å². The number of nitrogens with one attached hydrogen (secondary N) is 1. The number of benzene rings is 1. The number of para-hydroxylation sites is 1. The van der Waals surface area contributed by atoms with Crippen LogP contribution < -0.4 is 5.32 Å². The third-order valence-corrected chi connectivity index (χ3v) is 4.35. The molecule has 1 aromatic carbocycles. The molecule has 0 aliphatic carbocycles. The van der Waals surface area contributed by atoms with Crippen molar-refractivity contribution in [2.24, 2.45) is 0 Å². The molecule has 3 rings (SSSR count). The molecule has 0 saturated carbocycles. The van der Waals surface area contributed by atoms with Crippen molar-refractivity contribution in [3.63, 3.8) is 0 Å². The molecule has 0 bridgehead atoms. The normalized spacial score (nSPS) is 26.9. The van der Waals surface area contributed by atoms with E-state index in [2.05, 4.69) is 10.2 Å². The molecular weight excluding hydrogens is 240 g/mol. The average Bonchev–Trinajstić information content (AvgIpc) is 2.83. The van der Waals surface area contributed by atoms with Gasteiger partial charge in [-0.05, 0) is 37.9 Å². The van der Waals surface area contributed by atoms with Gasteiger partial charge in [0.2, 0.25) is 0 Å². The van der Waals surface area contributed by atoms with Crippen LogP contribution in [0.3, 0.4) is 0 Å². The summed E-state index contributed by atoms with van der Waals surface area (Å²) in [6.07, 6.45) is 4.93. The predicted octanol–water partition coefficient (Wildman–Crippen LogP) is 2.42. The Kier molecular flexibility index (Phi) is 3.42. The van der Waals surface area contributed by atoms with Gasteiger partial charge in [0.15, 0.2) is 0 Å². The molecule has 2 saturated heterocycles. The van der Waals surface area contributed by atoms with Crippen LogP contribution in [0.25, 0.3) is 0 Å². The number of fused-ring (bicyclic) bond motifs is 1. The van der Waals surface area contributed by atoms with Crippen molar-refractivity contribution in [3.8, 4) is 0 Å². The number of carboxylic acid groups (broad SMARTS) is 1. The first-order valence-corrected chi connectivity index (χ1v) is 7.08. The molecule has 4 nitrogen and oxygen atoms in total. The molecule has 2 heterocycles. The lowest BCUT2D eigenvalue weighted by molar-refractivity contribution is 0.0698. The topological polar surface area (TPSA) is 52.6 Å². The Bertz CT molecular complexity index is 475. The summed E-state index contributed by atoms with van der Waals surface area (Å²) in [6, 6.07) is 8.17. The van der Waals surface area contributed by atoms with E-state index >= 15 is 0 Å². The number of carbonyl (C=O) groups is 1. The third kappa shape index (κ3) is 2.45. The van der Waals surface area contributed by atoms with Crippen molar-refractivity contribution in [1.82, 2.24) is 4.90 Å².